The fraction of sp³-hybridized carbons (Fsp3) is 0.222. The highest BCUT2D eigenvalue weighted by molar-refractivity contribution is 7.15. The van der Waals surface area contributed by atoms with Crippen LogP contribution in [0.5, 0.6) is 5.75 Å². The molecule has 182 valence electrons. The Hall–Kier alpha value is -4.11. The van der Waals surface area contributed by atoms with Crippen LogP contribution in [-0.4, -0.2) is 37.7 Å². The van der Waals surface area contributed by atoms with Gasteiger partial charge in [0.15, 0.2) is 5.82 Å². The maximum Gasteiger partial charge on any atom is 0.242 e. The normalized spacial score (nSPS) is 14.8. The third kappa shape index (κ3) is 4.45. The molecule has 2 aromatic heterocycles. The van der Waals surface area contributed by atoms with Gasteiger partial charge in [-0.3, -0.25) is 14.4 Å². The van der Waals surface area contributed by atoms with E-state index in [0.29, 0.717) is 5.82 Å². The molecule has 1 atom stereocenters. The lowest BCUT2D eigenvalue weighted by Crippen LogP contribution is -2.21. The maximum atomic E-state index is 12.9. The molecule has 8 nitrogen and oxygen atoms in total. The number of nitrogens with zero attached hydrogens (tertiary/aromatic N) is 5. The Bertz CT molecular complexity index is 1500. The van der Waals surface area contributed by atoms with Gasteiger partial charge in [-0.05, 0) is 63.1 Å². The van der Waals surface area contributed by atoms with Crippen LogP contribution >= 0.6 is 11.3 Å². The summed E-state index contributed by atoms with van der Waals surface area (Å²) in [5.41, 5.74) is 8.58. The molecule has 9 heteroatoms. The average molecular weight is 499 g/mol. The zero-order valence-corrected chi connectivity index (χ0v) is 21.3. The van der Waals surface area contributed by atoms with Gasteiger partial charge in [-0.25, -0.2) is 5.43 Å². The molecular formula is C27H26N6O2S. The van der Waals surface area contributed by atoms with Crippen molar-refractivity contribution in [2.45, 2.75) is 40.2 Å². The van der Waals surface area contributed by atoms with Crippen LogP contribution in [0.3, 0.4) is 0 Å². The zero-order valence-electron chi connectivity index (χ0n) is 20.5. The van der Waals surface area contributed by atoms with Crippen LogP contribution in [0.15, 0.2) is 58.6 Å². The Morgan fingerprint density at radius 3 is 2.53 bits per heavy atom. The number of fused-ring (bicyclic) bond motifs is 3. The Morgan fingerprint density at radius 2 is 1.81 bits per heavy atom. The van der Waals surface area contributed by atoms with Crippen LogP contribution in [0, 0.1) is 27.7 Å². The van der Waals surface area contributed by atoms with E-state index in [2.05, 4.69) is 65.8 Å². The number of carbonyl (C=O) groups excluding carboxylic acids is 1. The third-order valence-corrected chi connectivity index (χ3v) is 7.43. The lowest BCUT2D eigenvalue weighted by Gasteiger charge is -2.12. The SMILES string of the molecule is Cc1ccc(C2=N[C@@H](CC(=O)N/N=C\c3ccc(O)cc3)c3nnc(C)n3-c3sc(C)c(C)c32)cc1. The van der Waals surface area contributed by atoms with Gasteiger partial charge in [0.25, 0.3) is 0 Å². The van der Waals surface area contributed by atoms with Crippen molar-refractivity contribution in [3.05, 3.63) is 92.9 Å². The van der Waals surface area contributed by atoms with Crippen molar-refractivity contribution in [1.29, 1.82) is 0 Å². The number of amides is 1. The minimum atomic E-state index is -0.536. The van der Waals surface area contributed by atoms with Crippen LogP contribution in [0.2, 0.25) is 0 Å². The smallest absolute Gasteiger partial charge is 0.242 e. The van der Waals surface area contributed by atoms with E-state index in [0.717, 1.165) is 38.8 Å². The minimum absolute atomic E-state index is 0.0629. The monoisotopic (exact) mass is 498 g/mol. The minimum Gasteiger partial charge on any atom is -0.508 e. The number of hydrogen-bond donors (Lipinski definition) is 2. The molecule has 0 bridgehead atoms. The quantitative estimate of drug-likeness (QED) is 0.307. The molecule has 5 rings (SSSR count). The number of aryl methyl sites for hydroxylation is 3. The van der Waals surface area contributed by atoms with Crippen molar-refractivity contribution in [3.8, 4) is 10.8 Å². The fourth-order valence-corrected chi connectivity index (χ4v) is 5.41. The number of aliphatic imine (C=N–C) groups is 1. The number of carbonyl (C=O) groups is 1. The number of nitrogens with one attached hydrogen (secondary N) is 1. The Labute approximate surface area is 213 Å². The fourth-order valence-electron chi connectivity index (χ4n) is 4.20. The van der Waals surface area contributed by atoms with E-state index in [4.69, 9.17) is 4.99 Å². The molecule has 0 spiro atoms. The van der Waals surface area contributed by atoms with Crippen LogP contribution < -0.4 is 5.43 Å². The Kier molecular flexibility index (Phi) is 6.24. The zero-order chi connectivity index (χ0) is 25.4. The van der Waals surface area contributed by atoms with Crippen LogP contribution in [0.25, 0.3) is 5.00 Å². The number of aromatic hydroxyl groups is 1. The van der Waals surface area contributed by atoms with Gasteiger partial charge in [-0.15, -0.1) is 21.5 Å². The largest absolute Gasteiger partial charge is 0.508 e. The first-order chi connectivity index (χ1) is 17.3. The predicted molar refractivity (Wildman–Crippen MR) is 141 cm³/mol. The first kappa shape index (κ1) is 23.6. The maximum absolute atomic E-state index is 12.9. The summed E-state index contributed by atoms with van der Waals surface area (Å²) in [4.78, 5) is 19.2. The van der Waals surface area contributed by atoms with E-state index in [9.17, 15) is 9.90 Å². The summed E-state index contributed by atoms with van der Waals surface area (Å²) in [6.45, 7) is 8.19. The number of benzene rings is 2. The van der Waals surface area contributed by atoms with Gasteiger partial charge in [-0.1, -0.05) is 29.8 Å². The molecule has 2 aromatic carbocycles. The van der Waals surface area contributed by atoms with E-state index in [1.807, 2.05) is 11.5 Å². The van der Waals surface area contributed by atoms with Gasteiger partial charge in [0.05, 0.1) is 18.3 Å². The van der Waals surface area contributed by atoms with Crippen molar-refractivity contribution >= 4 is 29.2 Å². The second-order valence-electron chi connectivity index (χ2n) is 8.85. The number of phenolic OH excluding ortho intramolecular Hbond substituents is 1. The van der Waals surface area contributed by atoms with Gasteiger partial charge < -0.3 is 5.11 Å². The number of rotatable bonds is 5. The van der Waals surface area contributed by atoms with Crippen molar-refractivity contribution in [1.82, 2.24) is 20.2 Å². The van der Waals surface area contributed by atoms with Gasteiger partial charge in [-0.2, -0.15) is 5.10 Å². The summed E-state index contributed by atoms with van der Waals surface area (Å²) in [6.07, 6.45) is 1.59. The summed E-state index contributed by atoms with van der Waals surface area (Å²) in [6, 6.07) is 14.3. The predicted octanol–water partition coefficient (Wildman–Crippen LogP) is 4.70. The number of hydrazone groups is 1. The number of hydrogen-bond acceptors (Lipinski definition) is 7. The molecule has 1 aliphatic heterocycles. The van der Waals surface area contributed by atoms with Gasteiger partial charge in [0.1, 0.15) is 22.6 Å². The standard InChI is InChI=1S/C27H26N6O2S/c1-15-5-9-20(10-6-15)25-24-16(2)17(3)36-27(24)33-18(4)30-32-26(33)22(29-25)13-23(35)31-28-14-19-7-11-21(34)12-8-19/h5-12,14,22,34H,13H2,1-4H3,(H,31,35)/b28-14-/t22-/m0/s1. The number of aromatic nitrogens is 3. The summed E-state index contributed by atoms with van der Waals surface area (Å²) in [5.74, 6) is 1.27. The van der Waals surface area contributed by atoms with E-state index in [1.54, 1.807) is 35.6 Å². The molecule has 2 N–H and O–H groups in total. The van der Waals surface area contributed by atoms with E-state index >= 15 is 0 Å². The molecule has 0 unspecified atom stereocenters. The molecule has 4 aromatic rings. The number of phenols is 1. The first-order valence-electron chi connectivity index (χ1n) is 11.6. The molecule has 3 heterocycles. The van der Waals surface area contributed by atoms with Gasteiger partial charge in [0.2, 0.25) is 5.91 Å². The molecule has 1 amide bonds. The average Bonchev–Trinajstić information content (AvgIpc) is 3.33. The summed E-state index contributed by atoms with van der Waals surface area (Å²) < 4.78 is 2.03. The lowest BCUT2D eigenvalue weighted by atomic mass is 9.99. The molecule has 1 aliphatic rings. The molecular weight excluding hydrogens is 472 g/mol. The van der Waals surface area contributed by atoms with Crippen molar-refractivity contribution in [2.75, 3.05) is 0 Å². The van der Waals surface area contributed by atoms with Crippen molar-refractivity contribution < 1.29 is 9.90 Å². The van der Waals surface area contributed by atoms with Crippen molar-refractivity contribution in [2.24, 2.45) is 10.1 Å². The molecule has 0 fully saturated rings. The van der Waals surface area contributed by atoms with E-state index < -0.39 is 6.04 Å². The summed E-state index contributed by atoms with van der Waals surface area (Å²) >= 11 is 1.69. The lowest BCUT2D eigenvalue weighted by molar-refractivity contribution is -0.121. The molecule has 0 aliphatic carbocycles. The molecule has 0 radical (unpaired) electrons. The molecule has 0 saturated carbocycles. The Morgan fingerprint density at radius 1 is 1.08 bits per heavy atom. The van der Waals surface area contributed by atoms with Crippen molar-refractivity contribution in [3.63, 3.8) is 0 Å². The van der Waals surface area contributed by atoms with Gasteiger partial charge in [0, 0.05) is 16.0 Å². The van der Waals surface area contributed by atoms with E-state index in [-0.39, 0.29) is 18.1 Å². The topological polar surface area (TPSA) is 105 Å². The highest BCUT2D eigenvalue weighted by atomic mass is 32.1. The summed E-state index contributed by atoms with van der Waals surface area (Å²) in [7, 11) is 0. The van der Waals surface area contributed by atoms with Crippen LogP contribution in [0.1, 0.15) is 56.8 Å². The molecule has 36 heavy (non-hydrogen) atoms. The highest BCUT2D eigenvalue weighted by Gasteiger charge is 2.32. The first-order valence-corrected chi connectivity index (χ1v) is 12.4. The Balaban J connectivity index is 1.52. The third-order valence-electron chi connectivity index (χ3n) is 6.24. The summed E-state index contributed by atoms with van der Waals surface area (Å²) in [5, 5.41) is 23.3. The highest BCUT2D eigenvalue weighted by Crippen LogP contribution is 2.39. The van der Waals surface area contributed by atoms with Gasteiger partial charge >= 0.3 is 0 Å². The van der Waals surface area contributed by atoms with Crippen LogP contribution in [-0.2, 0) is 4.79 Å². The second kappa shape index (κ2) is 9.50. The van der Waals surface area contributed by atoms with E-state index in [1.165, 1.54) is 16.7 Å². The molecule has 0 saturated heterocycles. The van der Waals surface area contributed by atoms with Crippen LogP contribution in [0.4, 0.5) is 0 Å². The second-order valence-corrected chi connectivity index (χ2v) is 10.1. The number of thiophene rings is 1.